The monoisotopic (exact) mass is 426 g/mol. The summed E-state index contributed by atoms with van der Waals surface area (Å²) in [5.41, 5.74) is 0.892. The van der Waals surface area contributed by atoms with E-state index in [1.54, 1.807) is 6.07 Å². The van der Waals surface area contributed by atoms with Gasteiger partial charge >= 0.3 is 0 Å². The molecule has 31 heavy (non-hydrogen) atoms. The van der Waals surface area contributed by atoms with Crippen molar-refractivity contribution in [2.45, 2.75) is 0 Å². The van der Waals surface area contributed by atoms with E-state index in [2.05, 4.69) is 4.90 Å². The van der Waals surface area contributed by atoms with Crippen molar-refractivity contribution in [3.63, 3.8) is 0 Å². The van der Waals surface area contributed by atoms with E-state index in [-0.39, 0.29) is 5.91 Å². The van der Waals surface area contributed by atoms with Crippen molar-refractivity contribution in [1.29, 1.82) is 0 Å². The number of carbonyl (C=O) groups excluding carboxylic acids is 1. The van der Waals surface area contributed by atoms with E-state index in [1.807, 2.05) is 53.4 Å². The van der Waals surface area contributed by atoms with Gasteiger partial charge in [0.15, 0.2) is 6.54 Å². The van der Waals surface area contributed by atoms with Gasteiger partial charge in [0.05, 0.1) is 58.0 Å². The van der Waals surface area contributed by atoms with Gasteiger partial charge in [-0.3, -0.25) is 4.79 Å². The Morgan fingerprint density at radius 1 is 0.871 bits per heavy atom. The van der Waals surface area contributed by atoms with Crippen molar-refractivity contribution in [1.82, 2.24) is 4.90 Å². The maximum absolute atomic E-state index is 12.8. The number of benzene rings is 2. The molecule has 0 spiro atoms. The van der Waals surface area contributed by atoms with Crippen LogP contribution in [0.2, 0.25) is 0 Å². The molecular formula is C24H34N4O3+2. The number of piperazine rings is 2. The average Bonchev–Trinajstić information content (AvgIpc) is 2.81. The van der Waals surface area contributed by atoms with Crippen LogP contribution >= 0.6 is 0 Å². The quantitative estimate of drug-likeness (QED) is 0.526. The molecule has 0 atom stereocenters. The lowest BCUT2D eigenvalue weighted by molar-refractivity contribution is -0.904. The van der Waals surface area contributed by atoms with Gasteiger partial charge in [-0.15, -0.1) is 0 Å². The van der Waals surface area contributed by atoms with Gasteiger partial charge in [0.2, 0.25) is 0 Å². The van der Waals surface area contributed by atoms with E-state index in [0.717, 1.165) is 70.3 Å². The van der Waals surface area contributed by atoms with E-state index in [1.165, 1.54) is 9.80 Å². The SMILES string of the molecule is O=C(C[NH+]1CCN(c2ccccc2O)CC1)N1CC[NH+](CCOc2ccccc2)CC1. The molecule has 2 aliphatic heterocycles. The second-order valence-corrected chi connectivity index (χ2v) is 8.44. The molecule has 4 rings (SSSR count). The summed E-state index contributed by atoms with van der Waals surface area (Å²) >= 11 is 0. The Kier molecular flexibility index (Phi) is 7.27. The Labute approximate surface area is 184 Å². The zero-order chi connectivity index (χ0) is 21.5. The maximum Gasteiger partial charge on any atom is 0.278 e. The van der Waals surface area contributed by atoms with Gasteiger partial charge in [0, 0.05) is 0 Å². The summed E-state index contributed by atoms with van der Waals surface area (Å²) in [4.78, 5) is 19.9. The molecule has 166 valence electrons. The molecule has 2 saturated heterocycles. The molecule has 1 amide bonds. The summed E-state index contributed by atoms with van der Waals surface area (Å²) in [6.07, 6.45) is 0. The lowest BCUT2D eigenvalue weighted by Gasteiger charge is -2.36. The van der Waals surface area contributed by atoms with Gasteiger partial charge in [-0.1, -0.05) is 30.3 Å². The molecule has 2 aliphatic rings. The third kappa shape index (κ3) is 5.89. The number of phenolic OH excluding ortho intramolecular Hbond substituents is 1. The lowest BCUT2D eigenvalue weighted by atomic mass is 10.2. The van der Waals surface area contributed by atoms with Gasteiger partial charge in [-0.05, 0) is 24.3 Å². The number of hydrogen-bond acceptors (Lipinski definition) is 4. The smallest absolute Gasteiger partial charge is 0.278 e. The fourth-order valence-corrected chi connectivity index (χ4v) is 4.45. The minimum Gasteiger partial charge on any atom is -0.506 e. The summed E-state index contributed by atoms with van der Waals surface area (Å²) in [5, 5.41) is 10.1. The Morgan fingerprint density at radius 3 is 2.23 bits per heavy atom. The number of rotatable bonds is 7. The molecule has 7 nitrogen and oxygen atoms in total. The van der Waals surface area contributed by atoms with Gasteiger partial charge < -0.3 is 29.4 Å². The van der Waals surface area contributed by atoms with Gasteiger partial charge in [0.1, 0.15) is 24.7 Å². The van der Waals surface area contributed by atoms with Crippen molar-refractivity contribution in [3.05, 3.63) is 54.6 Å². The highest BCUT2D eigenvalue weighted by atomic mass is 16.5. The van der Waals surface area contributed by atoms with Crippen LogP contribution in [0, 0.1) is 0 Å². The van der Waals surface area contributed by atoms with Crippen LogP contribution in [0.5, 0.6) is 11.5 Å². The summed E-state index contributed by atoms with van der Waals surface area (Å²) in [5.74, 6) is 1.52. The largest absolute Gasteiger partial charge is 0.506 e. The van der Waals surface area contributed by atoms with Crippen LogP contribution in [0.4, 0.5) is 5.69 Å². The minimum atomic E-state index is 0.269. The fourth-order valence-electron chi connectivity index (χ4n) is 4.45. The Bertz CT molecular complexity index is 832. The maximum atomic E-state index is 12.8. The molecule has 7 heteroatoms. The number of quaternary nitrogens is 2. The van der Waals surface area contributed by atoms with Gasteiger partial charge in [-0.25, -0.2) is 0 Å². The number of nitrogens with zero attached hydrogens (tertiary/aromatic N) is 2. The first-order chi connectivity index (χ1) is 15.2. The molecule has 0 unspecified atom stereocenters. The molecule has 0 radical (unpaired) electrons. The number of ether oxygens (including phenoxy) is 1. The first-order valence-corrected chi connectivity index (χ1v) is 11.3. The number of phenols is 1. The number of nitrogens with one attached hydrogen (secondary N) is 2. The highest BCUT2D eigenvalue weighted by Gasteiger charge is 2.28. The van der Waals surface area contributed by atoms with Crippen molar-refractivity contribution < 1.29 is 24.4 Å². The van der Waals surface area contributed by atoms with Crippen LogP contribution in [0.1, 0.15) is 0 Å². The van der Waals surface area contributed by atoms with Crippen LogP contribution in [0.3, 0.4) is 0 Å². The molecule has 2 fully saturated rings. The summed E-state index contributed by atoms with van der Waals surface area (Å²) in [6, 6.07) is 17.4. The third-order valence-electron chi connectivity index (χ3n) is 6.38. The van der Waals surface area contributed by atoms with Crippen LogP contribution in [0.25, 0.3) is 0 Å². The number of hydrogen-bond donors (Lipinski definition) is 3. The molecule has 0 bridgehead atoms. The van der Waals surface area contributed by atoms with E-state index >= 15 is 0 Å². The van der Waals surface area contributed by atoms with Crippen molar-refractivity contribution in [3.8, 4) is 11.5 Å². The van der Waals surface area contributed by atoms with Crippen molar-refractivity contribution >= 4 is 11.6 Å². The van der Waals surface area contributed by atoms with E-state index < -0.39 is 0 Å². The third-order valence-corrected chi connectivity index (χ3v) is 6.38. The number of aromatic hydroxyl groups is 1. The molecule has 2 aromatic carbocycles. The second-order valence-electron chi connectivity index (χ2n) is 8.44. The first kappa shape index (κ1) is 21.5. The molecule has 0 aliphatic carbocycles. The molecular weight excluding hydrogens is 392 g/mol. The highest BCUT2D eigenvalue weighted by molar-refractivity contribution is 5.77. The van der Waals surface area contributed by atoms with Crippen LogP contribution in [-0.2, 0) is 4.79 Å². The first-order valence-electron chi connectivity index (χ1n) is 11.3. The topological polar surface area (TPSA) is 61.9 Å². The van der Waals surface area contributed by atoms with Crippen molar-refractivity contribution in [2.24, 2.45) is 0 Å². The summed E-state index contributed by atoms with van der Waals surface area (Å²) < 4.78 is 5.81. The number of anilines is 1. The molecule has 0 saturated carbocycles. The van der Waals surface area contributed by atoms with Gasteiger partial charge in [0.25, 0.3) is 5.91 Å². The predicted octanol–water partition coefficient (Wildman–Crippen LogP) is -1.10. The van der Waals surface area contributed by atoms with Crippen molar-refractivity contribution in [2.75, 3.05) is 77.0 Å². The molecule has 3 N–H and O–H groups in total. The fraction of sp³-hybridized carbons (Fsp3) is 0.458. The lowest BCUT2D eigenvalue weighted by Crippen LogP contribution is -3.17. The second kappa shape index (κ2) is 10.5. The molecule has 2 aromatic rings. The standard InChI is InChI=1S/C24H32N4O3/c29-23-9-5-4-8-22(23)27-14-12-26(13-15-27)20-24(30)28-16-10-25(11-17-28)18-19-31-21-6-2-1-3-7-21/h1-9,29H,10-20H2/p+2. The zero-order valence-electron chi connectivity index (χ0n) is 18.1. The molecule has 0 aromatic heterocycles. The Balaban J connectivity index is 1.14. The average molecular weight is 427 g/mol. The van der Waals surface area contributed by atoms with Crippen LogP contribution in [0.15, 0.2) is 54.6 Å². The van der Waals surface area contributed by atoms with E-state index in [9.17, 15) is 9.90 Å². The zero-order valence-corrected chi connectivity index (χ0v) is 18.1. The number of amides is 1. The predicted molar refractivity (Wildman–Crippen MR) is 120 cm³/mol. The van der Waals surface area contributed by atoms with Crippen LogP contribution < -0.4 is 19.4 Å². The number of carbonyl (C=O) groups is 1. The highest BCUT2D eigenvalue weighted by Crippen LogP contribution is 2.25. The van der Waals surface area contributed by atoms with E-state index in [4.69, 9.17) is 4.74 Å². The summed E-state index contributed by atoms with van der Waals surface area (Å²) in [6.45, 7) is 9.44. The minimum absolute atomic E-state index is 0.269. The normalized spacial score (nSPS) is 18.2. The van der Waals surface area contributed by atoms with E-state index in [0.29, 0.717) is 18.9 Å². The summed E-state index contributed by atoms with van der Waals surface area (Å²) in [7, 11) is 0. The number of para-hydroxylation sites is 3. The molecule has 2 heterocycles. The Hall–Kier alpha value is -2.77. The van der Waals surface area contributed by atoms with Gasteiger partial charge in [-0.2, -0.15) is 0 Å². The Morgan fingerprint density at radius 2 is 1.52 bits per heavy atom. The van der Waals surface area contributed by atoms with Crippen LogP contribution in [-0.4, -0.2) is 88.0 Å².